The smallest absolute Gasteiger partial charge is 0.0541 e. The van der Waals surface area contributed by atoms with E-state index in [-0.39, 0.29) is 0 Å². The van der Waals surface area contributed by atoms with E-state index in [0.29, 0.717) is 0 Å². The first-order valence-corrected chi connectivity index (χ1v) is 39.1. The minimum atomic E-state index is 1.06. The minimum absolute atomic E-state index is 1.06. The van der Waals surface area contributed by atoms with Crippen LogP contribution in [0.4, 0.5) is 34.1 Å². The minimum Gasteiger partial charge on any atom is -0.311 e. The molecule has 0 spiro atoms. The summed E-state index contributed by atoms with van der Waals surface area (Å²) < 4.78 is 4.86. The molecule has 0 atom stereocenters. The van der Waals surface area contributed by atoms with E-state index in [1.807, 2.05) is 0 Å². The fourth-order valence-corrected chi connectivity index (χ4v) is 16.6. The van der Waals surface area contributed by atoms with Gasteiger partial charge >= 0.3 is 0 Å². The summed E-state index contributed by atoms with van der Waals surface area (Å²) in [4.78, 5) is 4.68. The van der Waals surface area contributed by atoms with Gasteiger partial charge in [0.15, 0.2) is 0 Å². The maximum atomic E-state index is 2.43. The molecule has 2 aromatic heterocycles. The van der Waals surface area contributed by atoms with Crippen LogP contribution in [0, 0.1) is 0 Å². The normalized spacial score (nSPS) is 11.5. The Morgan fingerprint density at radius 2 is 0.342 bits per heavy atom. The first kappa shape index (κ1) is 68.2. The van der Waals surface area contributed by atoms with E-state index in [2.05, 4.69) is 480 Å². The van der Waals surface area contributed by atoms with Gasteiger partial charge in [-0.15, -0.1) is 0 Å². The Kier molecular flexibility index (Phi) is 18.0. The summed E-state index contributed by atoms with van der Waals surface area (Å²) in [6, 6.07) is 163. The Hall–Kier alpha value is -15.1. The molecule has 536 valence electrons. The highest BCUT2D eigenvalue weighted by Crippen LogP contribution is 2.44. The number of aromatic nitrogens is 2. The predicted molar refractivity (Wildman–Crippen MR) is 483 cm³/mol. The van der Waals surface area contributed by atoms with Crippen LogP contribution in [0.25, 0.3) is 156 Å². The monoisotopic (exact) mass is 1450 g/mol. The van der Waals surface area contributed by atoms with E-state index in [4.69, 9.17) is 0 Å². The lowest BCUT2D eigenvalue weighted by atomic mass is 9.96. The van der Waals surface area contributed by atoms with Crippen LogP contribution in [-0.2, 0) is 0 Å². The summed E-state index contributed by atoms with van der Waals surface area (Å²) in [7, 11) is 0. The molecule has 18 aromatic carbocycles. The summed E-state index contributed by atoms with van der Waals surface area (Å²) >= 11 is 0. The third-order valence-electron chi connectivity index (χ3n) is 22.3. The van der Waals surface area contributed by atoms with Crippen molar-refractivity contribution in [3.63, 3.8) is 0 Å². The van der Waals surface area contributed by atoms with Gasteiger partial charge in [0, 0.05) is 67.0 Å². The van der Waals surface area contributed by atoms with Gasteiger partial charge in [-0.3, -0.25) is 0 Å². The highest BCUT2D eigenvalue weighted by atomic mass is 15.1. The topological polar surface area (TPSA) is 16.3 Å². The molecule has 0 bridgehead atoms. The molecular formula is C110H76N4. The number of para-hydroxylation sites is 2. The zero-order chi connectivity index (χ0) is 75.7. The molecule has 4 nitrogen and oxygen atoms in total. The number of nitrogens with zero attached hydrogens (tertiary/aromatic N) is 4. The lowest BCUT2D eigenvalue weighted by Crippen LogP contribution is -2.10. The molecule has 0 aliphatic carbocycles. The second kappa shape index (κ2) is 30.1. The molecule has 0 aliphatic rings. The Morgan fingerprint density at radius 3 is 0.588 bits per heavy atom. The molecule has 4 heteroatoms. The summed E-state index contributed by atoms with van der Waals surface area (Å²) in [6.45, 7) is 0. The van der Waals surface area contributed by atoms with Gasteiger partial charge < -0.3 is 18.9 Å². The number of benzene rings is 18. The summed E-state index contributed by atoms with van der Waals surface area (Å²) in [5.41, 5.74) is 34.5. The lowest BCUT2D eigenvalue weighted by molar-refractivity contribution is 1.17. The van der Waals surface area contributed by atoms with Gasteiger partial charge in [0.1, 0.15) is 0 Å². The van der Waals surface area contributed by atoms with E-state index in [0.717, 1.165) is 78.7 Å². The maximum Gasteiger partial charge on any atom is 0.0541 e. The largest absolute Gasteiger partial charge is 0.311 e. The van der Waals surface area contributed by atoms with Crippen LogP contribution in [0.2, 0.25) is 0 Å². The molecule has 0 N–H and O–H groups in total. The highest BCUT2D eigenvalue weighted by Gasteiger charge is 2.21. The van der Waals surface area contributed by atoms with Crippen LogP contribution >= 0.6 is 0 Å². The summed E-state index contributed by atoms with van der Waals surface area (Å²) in [5, 5.41) is 4.81. The molecule has 0 unspecified atom stereocenters. The van der Waals surface area contributed by atoms with Crippen molar-refractivity contribution in [2.45, 2.75) is 0 Å². The molecule has 0 saturated carbocycles. The second-order valence-electron chi connectivity index (χ2n) is 29.3. The van der Waals surface area contributed by atoms with Gasteiger partial charge in [-0.1, -0.05) is 291 Å². The van der Waals surface area contributed by atoms with Gasteiger partial charge in [-0.05, 0) is 270 Å². The Bertz CT molecular complexity index is 6190. The number of fused-ring (bicyclic) bond motifs is 6. The van der Waals surface area contributed by atoms with Crippen LogP contribution < -0.4 is 9.80 Å². The Balaban J connectivity index is 0.586. The molecule has 20 aromatic rings. The van der Waals surface area contributed by atoms with Crippen LogP contribution in [-0.4, -0.2) is 9.13 Å². The zero-order valence-corrected chi connectivity index (χ0v) is 62.7. The fraction of sp³-hybridized carbons (Fsp3) is 0. The fourth-order valence-electron chi connectivity index (χ4n) is 16.6. The van der Waals surface area contributed by atoms with E-state index in [1.54, 1.807) is 0 Å². The average Bonchev–Trinajstić information content (AvgIpc) is 1.59. The number of hydrogen-bond donors (Lipinski definition) is 0. The quantitative estimate of drug-likeness (QED) is 0.0796. The van der Waals surface area contributed by atoms with Gasteiger partial charge in [0.05, 0.1) is 22.1 Å². The van der Waals surface area contributed by atoms with Crippen molar-refractivity contribution in [2.75, 3.05) is 9.80 Å². The van der Waals surface area contributed by atoms with E-state index >= 15 is 0 Å². The average molecular weight is 1450 g/mol. The first-order chi connectivity index (χ1) is 56.5. The van der Waals surface area contributed by atoms with Gasteiger partial charge in [0.2, 0.25) is 0 Å². The van der Waals surface area contributed by atoms with Gasteiger partial charge in [-0.2, -0.15) is 0 Å². The van der Waals surface area contributed by atoms with Gasteiger partial charge in [-0.25, -0.2) is 0 Å². The molecule has 0 saturated heterocycles. The van der Waals surface area contributed by atoms with Crippen molar-refractivity contribution in [3.8, 4) is 100 Å². The predicted octanol–water partition coefficient (Wildman–Crippen LogP) is 30.3. The molecule has 2 heterocycles. The van der Waals surface area contributed by atoms with E-state index < -0.39 is 0 Å². The Morgan fingerprint density at radius 1 is 0.149 bits per heavy atom. The summed E-state index contributed by atoms with van der Waals surface area (Å²) in [5.74, 6) is 0. The number of anilines is 6. The van der Waals surface area contributed by atoms with Crippen LogP contribution in [0.1, 0.15) is 11.1 Å². The first-order valence-electron chi connectivity index (χ1n) is 39.1. The Labute approximate surface area is 664 Å². The van der Waals surface area contributed by atoms with Crippen molar-refractivity contribution >= 4 is 89.9 Å². The van der Waals surface area contributed by atoms with E-state index in [9.17, 15) is 0 Å². The van der Waals surface area contributed by atoms with Crippen molar-refractivity contribution in [1.29, 1.82) is 0 Å². The molecule has 0 radical (unpaired) electrons. The third kappa shape index (κ3) is 13.4. The zero-order valence-electron chi connectivity index (χ0n) is 62.7. The van der Waals surface area contributed by atoms with Crippen molar-refractivity contribution < 1.29 is 0 Å². The number of rotatable bonds is 18. The van der Waals surface area contributed by atoms with E-state index in [1.165, 1.54) is 111 Å². The van der Waals surface area contributed by atoms with Crippen molar-refractivity contribution in [1.82, 2.24) is 9.13 Å². The molecule has 0 aliphatic heterocycles. The third-order valence-corrected chi connectivity index (χ3v) is 22.3. The van der Waals surface area contributed by atoms with Crippen molar-refractivity contribution in [3.05, 3.63) is 460 Å². The van der Waals surface area contributed by atoms with Crippen LogP contribution in [0.15, 0.2) is 449 Å². The standard InChI is InChI=1S/C110H76N4/c1-7-23-79(24-8-1)83-31-19-35-87(69-83)91-49-65-107-103(73-91)104-74-92(88-36-20-32-84(70-88)80-25-9-2-10-26-80)50-66-108(104)113(107)101-61-57-99(58-62-101)111(95-39-15-5-16-40-95)97-53-45-77(46-54-97)43-44-78-47-55-98(56-48-78)112(96-41-17-6-18-42-96)100-59-63-102(64-60-100)114-109-67-51-93(89-37-21-33-85(71-89)81-27-11-3-12-28-81)75-105(109)106-76-94(52-68-110(106)114)90-38-22-34-86(72-90)82-29-13-4-14-30-82/h1-76H. The SMILES string of the molecule is C(=Cc1ccc(N(c2ccccc2)c2ccc(-n3c4ccc(-c5cccc(-c6ccccc6)c5)cc4c4cc(-c5cccc(-c6ccccc6)c5)ccc43)cc2)cc1)c1ccc(N(c2ccccc2)c2ccc(-n3c4ccc(-c5cccc(-c6ccccc6)c5)cc4c4cc(-c5cccc(-c6ccccc6)c5)ccc43)cc2)cc1. The lowest BCUT2D eigenvalue weighted by Gasteiger charge is -2.26. The number of hydrogen-bond acceptors (Lipinski definition) is 2. The highest BCUT2D eigenvalue weighted by molar-refractivity contribution is 6.13. The molecular weight excluding hydrogens is 1380 g/mol. The molecule has 114 heavy (non-hydrogen) atoms. The van der Waals surface area contributed by atoms with Gasteiger partial charge in [0.25, 0.3) is 0 Å². The van der Waals surface area contributed by atoms with Crippen LogP contribution in [0.5, 0.6) is 0 Å². The second-order valence-corrected chi connectivity index (χ2v) is 29.3. The molecule has 20 rings (SSSR count). The summed E-state index contributed by atoms with van der Waals surface area (Å²) in [6.07, 6.45) is 4.41. The maximum absolute atomic E-state index is 2.43. The van der Waals surface area contributed by atoms with Crippen LogP contribution in [0.3, 0.4) is 0 Å². The van der Waals surface area contributed by atoms with Crippen molar-refractivity contribution in [2.24, 2.45) is 0 Å². The molecule has 0 fully saturated rings. The molecule has 0 amide bonds.